The molecule has 5 nitrogen and oxygen atoms in total. The number of methoxy groups -OCH3 is 1. The first kappa shape index (κ1) is 15.4. The fourth-order valence-electron chi connectivity index (χ4n) is 3.05. The molecule has 0 spiro atoms. The number of pyridine rings is 1. The zero-order valence-corrected chi connectivity index (χ0v) is 13.3. The number of hydrogen-bond acceptors (Lipinski definition) is 5. The van der Waals surface area contributed by atoms with Crippen LogP contribution in [0, 0.1) is 5.82 Å². The van der Waals surface area contributed by atoms with Crippen LogP contribution in [0.3, 0.4) is 0 Å². The summed E-state index contributed by atoms with van der Waals surface area (Å²) in [5, 5.41) is 0. The van der Waals surface area contributed by atoms with E-state index in [1.165, 1.54) is 6.07 Å². The lowest BCUT2D eigenvalue weighted by Gasteiger charge is -2.32. The van der Waals surface area contributed by atoms with Crippen molar-refractivity contribution in [1.82, 2.24) is 9.88 Å². The highest BCUT2D eigenvalue weighted by Crippen LogP contribution is 2.38. The molecule has 2 N–H and O–H groups in total. The van der Waals surface area contributed by atoms with E-state index in [1.54, 1.807) is 42.6 Å². The van der Waals surface area contributed by atoms with Gasteiger partial charge in [-0.2, -0.15) is 0 Å². The molecule has 1 aromatic heterocycles. The van der Waals surface area contributed by atoms with Gasteiger partial charge in [0.2, 0.25) is 0 Å². The SMILES string of the molecule is COC1N(C)C(N)=NC1(C)c1ccc(F)c(-c2cccnc2)c1. The van der Waals surface area contributed by atoms with Crippen molar-refractivity contribution in [1.29, 1.82) is 0 Å². The van der Waals surface area contributed by atoms with Crippen LogP contribution in [0.5, 0.6) is 0 Å². The zero-order chi connectivity index (χ0) is 16.6. The Morgan fingerprint density at radius 2 is 2.13 bits per heavy atom. The average Bonchev–Trinajstić information content (AvgIpc) is 2.78. The van der Waals surface area contributed by atoms with Crippen LogP contribution >= 0.6 is 0 Å². The number of benzene rings is 1. The molecule has 2 unspecified atom stereocenters. The van der Waals surface area contributed by atoms with Crippen LogP contribution in [0.2, 0.25) is 0 Å². The number of guanidine groups is 1. The maximum Gasteiger partial charge on any atom is 0.194 e. The summed E-state index contributed by atoms with van der Waals surface area (Å²) in [7, 11) is 3.43. The first-order valence-corrected chi connectivity index (χ1v) is 7.28. The Kier molecular flexibility index (Phi) is 3.77. The van der Waals surface area contributed by atoms with Gasteiger partial charge in [-0.1, -0.05) is 12.1 Å². The van der Waals surface area contributed by atoms with Crippen LogP contribution in [0.4, 0.5) is 4.39 Å². The van der Waals surface area contributed by atoms with Gasteiger partial charge in [0.25, 0.3) is 0 Å². The van der Waals surface area contributed by atoms with E-state index in [-0.39, 0.29) is 12.0 Å². The van der Waals surface area contributed by atoms with Gasteiger partial charge in [0.15, 0.2) is 12.2 Å². The average molecular weight is 314 g/mol. The van der Waals surface area contributed by atoms with E-state index >= 15 is 0 Å². The molecule has 0 bridgehead atoms. The van der Waals surface area contributed by atoms with Crippen molar-refractivity contribution < 1.29 is 9.13 Å². The first-order valence-electron chi connectivity index (χ1n) is 7.28. The molecule has 1 aromatic carbocycles. The molecule has 0 amide bonds. The lowest BCUT2D eigenvalue weighted by molar-refractivity contribution is -0.0193. The number of rotatable bonds is 3. The minimum atomic E-state index is -0.710. The Morgan fingerprint density at radius 3 is 2.78 bits per heavy atom. The molecule has 1 aliphatic heterocycles. The molecule has 0 fully saturated rings. The lowest BCUT2D eigenvalue weighted by Crippen LogP contribution is -2.44. The number of hydrogen-bond donors (Lipinski definition) is 1. The number of aromatic nitrogens is 1. The molecule has 0 saturated carbocycles. The third-order valence-corrected chi connectivity index (χ3v) is 4.29. The van der Waals surface area contributed by atoms with Crippen LogP contribution < -0.4 is 5.73 Å². The van der Waals surface area contributed by atoms with Crippen molar-refractivity contribution in [2.75, 3.05) is 14.2 Å². The molecule has 23 heavy (non-hydrogen) atoms. The highest BCUT2D eigenvalue weighted by atomic mass is 19.1. The number of halogens is 1. The van der Waals surface area contributed by atoms with Crippen molar-refractivity contribution in [2.45, 2.75) is 18.7 Å². The van der Waals surface area contributed by atoms with Crippen LogP contribution in [0.25, 0.3) is 11.1 Å². The third-order valence-electron chi connectivity index (χ3n) is 4.29. The number of ether oxygens (including phenoxy) is 1. The topological polar surface area (TPSA) is 63.7 Å². The van der Waals surface area contributed by atoms with Crippen LogP contribution in [-0.4, -0.2) is 36.2 Å². The van der Waals surface area contributed by atoms with Crippen molar-refractivity contribution in [3.63, 3.8) is 0 Å². The Bertz CT molecular complexity index is 750. The second-order valence-corrected chi connectivity index (χ2v) is 5.75. The molecular formula is C17H19FN4O. The first-order chi connectivity index (χ1) is 11.0. The molecule has 0 saturated heterocycles. The van der Waals surface area contributed by atoms with Gasteiger partial charge >= 0.3 is 0 Å². The summed E-state index contributed by atoms with van der Waals surface area (Å²) in [5.74, 6) is 0.0919. The van der Waals surface area contributed by atoms with Gasteiger partial charge in [-0.3, -0.25) is 4.98 Å². The van der Waals surface area contributed by atoms with Crippen LogP contribution in [-0.2, 0) is 10.3 Å². The molecule has 1 aliphatic rings. The summed E-state index contributed by atoms with van der Waals surface area (Å²) in [6.07, 6.45) is 2.94. The van der Waals surface area contributed by atoms with E-state index < -0.39 is 5.54 Å². The number of nitrogens with zero attached hydrogens (tertiary/aromatic N) is 3. The summed E-state index contributed by atoms with van der Waals surface area (Å²) in [4.78, 5) is 10.4. The molecule has 2 atom stereocenters. The van der Waals surface area contributed by atoms with Gasteiger partial charge in [0.1, 0.15) is 11.4 Å². The molecule has 3 rings (SSSR count). The summed E-state index contributed by atoms with van der Waals surface area (Å²) in [6.45, 7) is 1.93. The largest absolute Gasteiger partial charge is 0.370 e. The van der Waals surface area contributed by atoms with E-state index in [0.717, 1.165) is 5.56 Å². The van der Waals surface area contributed by atoms with Crippen LogP contribution in [0.15, 0.2) is 47.7 Å². The van der Waals surface area contributed by atoms with Gasteiger partial charge in [-0.25, -0.2) is 9.38 Å². The minimum Gasteiger partial charge on any atom is -0.370 e. The summed E-state index contributed by atoms with van der Waals surface area (Å²) in [5.41, 5.74) is 7.27. The lowest BCUT2D eigenvalue weighted by atomic mass is 9.89. The second-order valence-electron chi connectivity index (χ2n) is 5.75. The standard InChI is InChI=1S/C17H19FN4O/c1-17(15(23-3)22(2)16(19)21-17)12-6-7-14(18)13(9-12)11-5-4-8-20-10-11/h4-10,15H,1-3H3,(H2,19,21). The fraction of sp³-hybridized carbons (Fsp3) is 0.294. The molecule has 120 valence electrons. The fourth-order valence-corrected chi connectivity index (χ4v) is 3.05. The summed E-state index contributed by atoms with van der Waals surface area (Å²) < 4.78 is 19.8. The van der Waals surface area contributed by atoms with Gasteiger partial charge < -0.3 is 15.4 Å². The summed E-state index contributed by atoms with van der Waals surface area (Å²) >= 11 is 0. The Hall–Kier alpha value is -2.47. The minimum absolute atomic E-state index is 0.303. The van der Waals surface area contributed by atoms with Crippen LogP contribution in [0.1, 0.15) is 12.5 Å². The van der Waals surface area contributed by atoms with E-state index in [9.17, 15) is 4.39 Å². The monoisotopic (exact) mass is 314 g/mol. The zero-order valence-electron chi connectivity index (χ0n) is 13.3. The molecule has 0 aliphatic carbocycles. The summed E-state index contributed by atoms with van der Waals surface area (Å²) in [6, 6.07) is 8.55. The highest BCUT2D eigenvalue weighted by Gasteiger charge is 2.45. The normalized spacial score (nSPS) is 23.9. The van der Waals surface area contributed by atoms with Crippen molar-refractivity contribution in [3.05, 3.63) is 54.1 Å². The molecule has 2 heterocycles. The van der Waals surface area contributed by atoms with E-state index in [1.807, 2.05) is 20.0 Å². The second kappa shape index (κ2) is 5.62. The maximum atomic E-state index is 14.3. The number of aliphatic imine (C=N–C) groups is 1. The Balaban J connectivity index is 2.11. The third kappa shape index (κ3) is 2.45. The molecular weight excluding hydrogens is 295 g/mol. The number of likely N-dealkylation sites (N-methyl/N-ethyl adjacent to an activating group) is 1. The van der Waals surface area contributed by atoms with Crippen molar-refractivity contribution >= 4 is 5.96 Å². The highest BCUT2D eigenvalue weighted by molar-refractivity contribution is 5.81. The van der Waals surface area contributed by atoms with Crippen molar-refractivity contribution in [3.8, 4) is 11.1 Å². The van der Waals surface area contributed by atoms with E-state index in [2.05, 4.69) is 9.98 Å². The number of nitrogens with two attached hydrogens (primary N) is 1. The maximum absolute atomic E-state index is 14.3. The van der Waals surface area contributed by atoms with Gasteiger partial charge in [-0.05, 0) is 30.7 Å². The van der Waals surface area contributed by atoms with Gasteiger partial charge in [0, 0.05) is 37.7 Å². The molecule has 0 radical (unpaired) electrons. The smallest absolute Gasteiger partial charge is 0.194 e. The quantitative estimate of drug-likeness (QED) is 0.944. The van der Waals surface area contributed by atoms with E-state index in [4.69, 9.17) is 10.5 Å². The van der Waals surface area contributed by atoms with Crippen molar-refractivity contribution in [2.24, 2.45) is 10.7 Å². The predicted molar refractivity (Wildman–Crippen MR) is 87.2 cm³/mol. The van der Waals surface area contributed by atoms with Gasteiger partial charge in [0.05, 0.1) is 0 Å². The molecule has 6 heteroatoms. The van der Waals surface area contributed by atoms with Gasteiger partial charge in [-0.15, -0.1) is 0 Å². The Morgan fingerprint density at radius 1 is 1.35 bits per heavy atom. The van der Waals surface area contributed by atoms with E-state index in [0.29, 0.717) is 17.1 Å². The predicted octanol–water partition coefficient (Wildman–Crippen LogP) is 2.34. The molecule has 2 aromatic rings. The Labute approximate surface area is 134 Å².